The number of benzene rings is 4. The van der Waals surface area contributed by atoms with Crippen molar-refractivity contribution in [2.24, 2.45) is 0 Å². The van der Waals surface area contributed by atoms with Gasteiger partial charge in [-0.15, -0.1) is 65.0 Å². The second-order valence-electron chi connectivity index (χ2n) is 10.6. The van der Waals surface area contributed by atoms with Crippen molar-refractivity contribution in [3.05, 3.63) is 143 Å². The predicted octanol–water partition coefficient (Wildman–Crippen LogP) is 10.1. The molecule has 0 aliphatic heterocycles. The fraction of sp³-hybridized carbons (Fsp3) is 0.125. The number of fused-ring (bicyclic) bond motifs is 8. The zero-order valence-corrected chi connectivity index (χ0v) is 27.0. The summed E-state index contributed by atoms with van der Waals surface area (Å²) in [5, 5.41) is 3.12. The fourth-order valence-corrected chi connectivity index (χ4v) is 5.63. The van der Waals surface area contributed by atoms with Crippen molar-refractivity contribution in [3.8, 4) is 22.4 Å². The Morgan fingerprint density at radius 2 is 1.60 bits per heavy atom. The number of rotatable bonds is 4. The Bertz CT molecular complexity index is 2690. The fourth-order valence-electron chi connectivity index (χ4n) is 5.63. The van der Waals surface area contributed by atoms with Gasteiger partial charge in [-0.05, 0) is 60.2 Å². The molecule has 8 rings (SSSR count). The third kappa shape index (κ3) is 6.05. The van der Waals surface area contributed by atoms with Crippen molar-refractivity contribution in [2.75, 3.05) is 0 Å². The molecule has 0 aliphatic rings. The average Bonchev–Trinajstić information content (AvgIpc) is 3.57. The molecule has 0 saturated heterocycles. The summed E-state index contributed by atoms with van der Waals surface area (Å²) in [4.78, 5) is 13.0. The molecule has 4 nitrogen and oxygen atoms in total. The molecular weight excluding hydrogens is 767 g/mol. The molecule has 0 spiro atoms. The summed E-state index contributed by atoms with van der Waals surface area (Å²) >= 11 is 0. The number of imidazole rings is 1. The second kappa shape index (κ2) is 13.5. The van der Waals surface area contributed by atoms with Crippen LogP contribution in [-0.4, -0.2) is 19.4 Å². The number of hydrogen-bond acceptors (Lipinski definition) is 3. The minimum Gasteiger partial charge on any atom is -0.333 e. The quantitative estimate of drug-likeness (QED) is 0.131. The molecule has 0 atom stereocenters. The second-order valence-corrected chi connectivity index (χ2v) is 10.6. The van der Waals surface area contributed by atoms with Gasteiger partial charge in [0.2, 0.25) is 0 Å². The van der Waals surface area contributed by atoms with Crippen LogP contribution in [0, 0.1) is 32.7 Å². The Morgan fingerprint density at radius 3 is 2.34 bits per heavy atom. The molecule has 4 aromatic heterocycles. The smallest absolute Gasteiger partial charge is 0.131 e. The molecule has 4 heterocycles. The van der Waals surface area contributed by atoms with E-state index in [0.717, 1.165) is 55.7 Å². The molecule has 0 aliphatic carbocycles. The molecule has 0 bridgehead atoms. The van der Waals surface area contributed by atoms with Gasteiger partial charge in [-0.25, -0.2) is 8.78 Å². The van der Waals surface area contributed by atoms with Crippen LogP contribution in [0.1, 0.15) is 40.4 Å². The number of nitrogens with zero attached hydrogens (tertiary/aromatic N) is 4. The van der Waals surface area contributed by atoms with Gasteiger partial charge < -0.3 is 9.38 Å². The van der Waals surface area contributed by atoms with Gasteiger partial charge in [-0.1, -0.05) is 54.2 Å². The summed E-state index contributed by atoms with van der Waals surface area (Å²) in [6.07, 6.45) is 1.02. The van der Waals surface area contributed by atoms with Crippen LogP contribution in [0.15, 0.2) is 103 Å². The van der Waals surface area contributed by atoms with Crippen LogP contribution in [0.4, 0.5) is 8.78 Å². The van der Waals surface area contributed by atoms with Crippen molar-refractivity contribution >= 4 is 38.4 Å². The molecule has 0 amide bonds. The van der Waals surface area contributed by atoms with Gasteiger partial charge in [0.1, 0.15) is 13.3 Å². The summed E-state index contributed by atoms with van der Waals surface area (Å²) in [6.45, 7) is -8.96. The van der Waals surface area contributed by atoms with E-state index in [1.165, 1.54) is 24.3 Å². The number of aryl methyl sites for hydroxylation is 3. The predicted molar refractivity (Wildman–Crippen MR) is 182 cm³/mol. The standard InChI is InChI=1S/C26H16F2N3.C14H14N.Ir/c27-14-17-12-16(13-18(15-28)29-17)19-9-5-10-23-25(19)31-24-11-4-3-7-21(24)20-6-1-2-8-22(20)26(31)30-23;1-10-4-6-13(7-5-10)14-8-11(2)12(3)9-15-14;/h1-7,9-13H,14-15H2;4-6,8-9H,1-3H3;/q2*-1;/i;1D3,2D3,3D3;. The number of aromatic nitrogens is 4. The van der Waals surface area contributed by atoms with E-state index >= 15 is 0 Å². The maximum Gasteiger partial charge on any atom is 0.131 e. The molecule has 0 saturated carbocycles. The molecule has 4 aromatic carbocycles. The summed E-state index contributed by atoms with van der Waals surface area (Å²) in [7, 11) is 0. The third-order valence-corrected chi connectivity index (χ3v) is 7.70. The summed E-state index contributed by atoms with van der Waals surface area (Å²) in [5.74, 6) is 0. The molecule has 7 heteroatoms. The first-order chi connectivity index (χ1) is 26.1. The van der Waals surface area contributed by atoms with Crippen LogP contribution >= 0.6 is 0 Å². The monoisotopic (exact) mass is 806 g/mol. The van der Waals surface area contributed by atoms with E-state index in [1.54, 1.807) is 12.1 Å². The summed E-state index contributed by atoms with van der Waals surface area (Å²) in [5.41, 5.74) is 5.62. The van der Waals surface area contributed by atoms with Gasteiger partial charge in [-0.2, -0.15) is 0 Å². The largest absolute Gasteiger partial charge is 0.333 e. The Balaban J connectivity index is 0.000000194. The van der Waals surface area contributed by atoms with Gasteiger partial charge in [-0.3, -0.25) is 9.97 Å². The molecule has 0 N–H and O–H groups in total. The Labute approximate surface area is 298 Å². The maximum atomic E-state index is 13.4. The van der Waals surface area contributed by atoms with E-state index in [4.69, 9.17) is 17.3 Å². The number of hydrogen-bond donors (Lipinski definition) is 0. The third-order valence-electron chi connectivity index (χ3n) is 7.70. The molecule has 0 unspecified atom stereocenters. The first kappa shape index (κ1) is 22.6. The number of halogens is 2. The SMILES string of the molecule is FCc1cc(-c2cccc3nc4c5[c-]cccc5c5ccccc5n4c23)cc(CF)n1.[2H]C([2H])([2H])c1c[c-]c(-c2cc(C([2H])([2H])[2H])c(C([2H])([2H])[2H])cn2)cc1.[Ir]. The first-order valence-electron chi connectivity index (χ1n) is 18.9. The molecule has 47 heavy (non-hydrogen) atoms. The summed E-state index contributed by atoms with van der Waals surface area (Å²) < 4.78 is 95.9. The minimum absolute atomic E-state index is 0. The Hall–Kier alpha value is -4.84. The van der Waals surface area contributed by atoms with Crippen LogP contribution in [-0.2, 0) is 33.5 Å². The maximum absolute atomic E-state index is 13.4. The Kier molecular flexibility index (Phi) is 6.50. The normalized spacial score (nSPS) is 14.7. The van der Waals surface area contributed by atoms with Crippen LogP contribution in [0.5, 0.6) is 0 Å². The zero-order chi connectivity index (χ0) is 39.3. The topological polar surface area (TPSA) is 43.1 Å². The van der Waals surface area contributed by atoms with Crippen LogP contribution in [0.3, 0.4) is 0 Å². The van der Waals surface area contributed by atoms with E-state index in [9.17, 15) is 8.78 Å². The van der Waals surface area contributed by atoms with E-state index in [2.05, 4.69) is 44.7 Å². The van der Waals surface area contributed by atoms with E-state index in [0.29, 0.717) is 5.56 Å². The van der Waals surface area contributed by atoms with Crippen molar-refractivity contribution in [1.82, 2.24) is 19.4 Å². The number of para-hydroxylation sites is 2. The zero-order valence-electron chi connectivity index (χ0n) is 33.6. The number of alkyl halides is 2. The molecule has 1 radical (unpaired) electrons. The summed E-state index contributed by atoms with van der Waals surface area (Å²) in [6, 6.07) is 34.8. The van der Waals surface area contributed by atoms with Crippen molar-refractivity contribution in [1.29, 1.82) is 0 Å². The van der Waals surface area contributed by atoms with Crippen molar-refractivity contribution < 1.29 is 41.2 Å². The molecule has 0 fully saturated rings. The van der Waals surface area contributed by atoms with E-state index in [1.807, 2.05) is 42.5 Å². The van der Waals surface area contributed by atoms with Gasteiger partial charge in [0, 0.05) is 49.7 Å². The van der Waals surface area contributed by atoms with Gasteiger partial charge in [0.05, 0.1) is 28.1 Å². The molecule has 235 valence electrons. The van der Waals surface area contributed by atoms with Crippen molar-refractivity contribution in [2.45, 2.75) is 33.9 Å². The minimum atomic E-state index is -2.61. The van der Waals surface area contributed by atoms with Crippen LogP contribution < -0.4 is 0 Å². The van der Waals surface area contributed by atoms with Gasteiger partial charge >= 0.3 is 0 Å². The Morgan fingerprint density at radius 1 is 0.787 bits per heavy atom. The van der Waals surface area contributed by atoms with Crippen molar-refractivity contribution in [3.63, 3.8) is 0 Å². The van der Waals surface area contributed by atoms with Crippen LogP contribution in [0.2, 0.25) is 0 Å². The number of pyridine rings is 3. The van der Waals surface area contributed by atoms with Crippen LogP contribution in [0.25, 0.3) is 60.7 Å². The average molecular weight is 806 g/mol. The van der Waals surface area contributed by atoms with E-state index < -0.39 is 33.9 Å². The first-order valence-corrected chi connectivity index (χ1v) is 14.4. The van der Waals surface area contributed by atoms with E-state index in [-0.39, 0.29) is 53.9 Å². The molecular formula is C40H30F2IrN4-2. The van der Waals surface area contributed by atoms with Gasteiger partial charge in [0.25, 0.3) is 0 Å². The molecule has 8 aromatic rings. The van der Waals surface area contributed by atoms with Gasteiger partial charge in [0.15, 0.2) is 0 Å².